The number of aromatic nitrogens is 3. The maximum absolute atomic E-state index is 14.5. The third-order valence-electron chi connectivity index (χ3n) is 4.15. The Morgan fingerprint density at radius 2 is 2.10 bits per heavy atom. The number of rotatable bonds is 5. The summed E-state index contributed by atoms with van der Waals surface area (Å²) in [6.07, 6.45) is 5.26. The van der Waals surface area contributed by atoms with Crippen molar-refractivity contribution in [1.82, 2.24) is 14.8 Å². The summed E-state index contributed by atoms with van der Waals surface area (Å²) in [5, 5.41) is 4.38. The van der Waals surface area contributed by atoms with Crippen molar-refractivity contribution in [2.45, 2.75) is 52.5 Å². The third-order valence-corrected chi connectivity index (χ3v) is 4.15. The van der Waals surface area contributed by atoms with Gasteiger partial charge in [0.2, 0.25) is 5.95 Å². The first-order valence-corrected chi connectivity index (χ1v) is 7.81. The van der Waals surface area contributed by atoms with E-state index >= 15 is 0 Å². The van der Waals surface area contributed by atoms with Gasteiger partial charge >= 0.3 is 0 Å². The highest BCUT2D eigenvalue weighted by Crippen LogP contribution is 2.34. The molecule has 1 fully saturated rings. The van der Waals surface area contributed by atoms with Gasteiger partial charge in [0.05, 0.1) is 17.5 Å². The molecule has 3 rings (SSSR count). The van der Waals surface area contributed by atoms with Crippen LogP contribution in [0.25, 0.3) is 11.3 Å². The van der Waals surface area contributed by atoms with Crippen molar-refractivity contribution in [3.05, 3.63) is 35.5 Å². The molecule has 2 aromatic heterocycles. The number of nitrogens with zero attached hydrogens (tertiary/aromatic N) is 3. The zero-order valence-electron chi connectivity index (χ0n) is 12.9. The molecule has 0 spiro atoms. The second-order valence-corrected chi connectivity index (χ2v) is 6.21. The summed E-state index contributed by atoms with van der Waals surface area (Å²) in [6, 6.07) is 3.84. The van der Waals surface area contributed by atoms with Crippen LogP contribution in [0.5, 0.6) is 0 Å². The number of hydrogen-bond acceptors (Lipinski definition) is 2. The van der Waals surface area contributed by atoms with Crippen molar-refractivity contribution < 1.29 is 4.39 Å². The van der Waals surface area contributed by atoms with Crippen LogP contribution in [0, 0.1) is 11.9 Å². The van der Waals surface area contributed by atoms with Gasteiger partial charge < -0.3 is 0 Å². The monoisotopic (exact) mass is 287 g/mol. The van der Waals surface area contributed by atoms with E-state index in [4.69, 9.17) is 0 Å². The second kappa shape index (κ2) is 5.58. The van der Waals surface area contributed by atoms with Crippen molar-refractivity contribution in [3.8, 4) is 11.3 Å². The van der Waals surface area contributed by atoms with E-state index in [-0.39, 0.29) is 5.95 Å². The molecule has 21 heavy (non-hydrogen) atoms. The van der Waals surface area contributed by atoms with Crippen LogP contribution < -0.4 is 0 Å². The molecular formula is C17H22FN3. The van der Waals surface area contributed by atoms with E-state index in [1.165, 1.54) is 12.8 Å². The molecule has 112 valence electrons. The molecule has 1 aliphatic rings. The van der Waals surface area contributed by atoms with E-state index < -0.39 is 0 Å². The maximum atomic E-state index is 14.5. The van der Waals surface area contributed by atoms with Crippen LogP contribution in [0.1, 0.15) is 50.8 Å². The first-order valence-electron chi connectivity index (χ1n) is 7.81. The summed E-state index contributed by atoms with van der Waals surface area (Å²) in [6.45, 7) is 6.96. The normalized spacial score (nSPS) is 14.9. The lowest BCUT2D eigenvalue weighted by atomic mass is 10.00. The fourth-order valence-electron chi connectivity index (χ4n) is 2.74. The Morgan fingerprint density at radius 1 is 1.33 bits per heavy atom. The summed E-state index contributed by atoms with van der Waals surface area (Å²) in [7, 11) is 0. The Bertz CT molecular complexity index is 641. The highest BCUT2D eigenvalue weighted by Gasteiger charge is 2.23. The minimum Gasteiger partial charge on any atom is -0.265 e. The molecule has 0 radical (unpaired) electrons. The quantitative estimate of drug-likeness (QED) is 0.772. The van der Waals surface area contributed by atoms with Crippen LogP contribution in [0.4, 0.5) is 4.39 Å². The second-order valence-electron chi connectivity index (χ2n) is 6.21. The number of halogens is 1. The Kier molecular flexibility index (Phi) is 3.79. The van der Waals surface area contributed by atoms with E-state index in [0.29, 0.717) is 11.5 Å². The summed E-state index contributed by atoms with van der Waals surface area (Å²) in [5.41, 5.74) is 3.38. The summed E-state index contributed by atoms with van der Waals surface area (Å²) < 4.78 is 16.3. The van der Waals surface area contributed by atoms with Crippen LogP contribution in [0.15, 0.2) is 18.3 Å². The van der Waals surface area contributed by atoms with Crippen molar-refractivity contribution in [3.63, 3.8) is 0 Å². The van der Waals surface area contributed by atoms with Gasteiger partial charge in [-0.2, -0.15) is 9.49 Å². The first kappa shape index (κ1) is 14.2. The Balaban J connectivity index is 2.01. The Hall–Kier alpha value is -1.71. The average molecular weight is 287 g/mol. The van der Waals surface area contributed by atoms with Gasteiger partial charge in [0.1, 0.15) is 0 Å². The highest BCUT2D eigenvalue weighted by atomic mass is 19.1. The van der Waals surface area contributed by atoms with E-state index in [2.05, 4.69) is 23.9 Å². The van der Waals surface area contributed by atoms with Crippen LogP contribution >= 0.6 is 0 Å². The molecule has 2 aromatic rings. The van der Waals surface area contributed by atoms with Crippen LogP contribution in [-0.2, 0) is 13.0 Å². The Labute approximate surface area is 125 Å². The molecular weight excluding hydrogens is 265 g/mol. The van der Waals surface area contributed by atoms with Gasteiger partial charge in [0.15, 0.2) is 0 Å². The number of pyridine rings is 1. The van der Waals surface area contributed by atoms with Crippen molar-refractivity contribution >= 4 is 0 Å². The van der Waals surface area contributed by atoms with Gasteiger partial charge in [-0.3, -0.25) is 4.68 Å². The van der Waals surface area contributed by atoms with Gasteiger partial charge in [-0.25, -0.2) is 4.98 Å². The molecule has 0 aliphatic heterocycles. The minimum atomic E-state index is -0.370. The number of aryl methyl sites for hydroxylation is 1. The molecule has 2 heterocycles. The van der Waals surface area contributed by atoms with Crippen molar-refractivity contribution in [2.75, 3.05) is 0 Å². The molecule has 4 heteroatoms. The zero-order chi connectivity index (χ0) is 15.0. The molecule has 0 atom stereocenters. The number of hydrogen-bond donors (Lipinski definition) is 0. The lowest BCUT2D eigenvalue weighted by Gasteiger charge is -2.12. The van der Waals surface area contributed by atoms with E-state index in [1.807, 2.05) is 29.9 Å². The molecule has 1 aliphatic carbocycles. The van der Waals surface area contributed by atoms with Crippen LogP contribution in [-0.4, -0.2) is 14.8 Å². The lowest BCUT2D eigenvalue weighted by molar-refractivity contribution is 0.572. The van der Waals surface area contributed by atoms with Gasteiger partial charge in [-0.15, -0.1) is 0 Å². The molecule has 0 unspecified atom stereocenters. The van der Waals surface area contributed by atoms with E-state index in [9.17, 15) is 4.39 Å². The van der Waals surface area contributed by atoms with Gasteiger partial charge in [0, 0.05) is 17.8 Å². The molecule has 0 N–H and O–H groups in total. The largest absolute Gasteiger partial charge is 0.265 e. The van der Waals surface area contributed by atoms with Crippen molar-refractivity contribution in [2.24, 2.45) is 5.92 Å². The molecule has 3 nitrogen and oxygen atoms in total. The molecule has 0 saturated heterocycles. The standard InChI is InChI=1S/C17H22FN3/c1-4-21-16(15(10-19-21)11(2)3)14-8-7-13(20-17(14)18)9-12-5-6-12/h7-8,10-12H,4-6,9H2,1-3H3. The van der Waals surface area contributed by atoms with Crippen molar-refractivity contribution in [1.29, 1.82) is 0 Å². The zero-order valence-corrected chi connectivity index (χ0v) is 12.9. The summed E-state index contributed by atoms with van der Waals surface area (Å²) >= 11 is 0. The molecule has 0 bridgehead atoms. The highest BCUT2D eigenvalue weighted by molar-refractivity contribution is 5.64. The van der Waals surface area contributed by atoms with Crippen LogP contribution in [0.3, 0.4) is 0 Å². The fourth-order valence-corrected chi connectivity index (χ4v) is 2.74. The predicted molar refractivity (Wildman–Crippen MR) is 81.6 cm³/mol. The SMILES string of the molecule is CCn1ncc(C(C)C)c1-c1ccc(CC2CC2)nc1F. The van der Waals surface area contributed by atoms with E-state index in [1.54, 1.807) is 0 Å². The topological polar surface area (TPSA) is 30.7 Å². The van der Waals surface area contributed by atoms with Gasteiger partial charge in [-0.1, -0.05) is 13.8 Å². The smallest absolute Gasteiger partial charge is 0.222 e. The lowest BCUT2D eigenvalue weighted by Crippen LogP contribution is -2.04. The predicted octanol–water partition coefficient (Wildman–Crippen LogP) is 4.18. The molecule has 0 amide bonds. The first-order chi connectivity index (χ1) is 10.1. The minimum absolute atomic E-state index is 0.311. The van der Waals surface area contributed by atoms with E-state index in [0.717, 1.165) is 35.8 Å². The average Bonchev–Trinajstić information content (AvgIpc) is 3.15. The third kappa shape index (κ3) is 2.85. The van der Waals surface area contributed by atoms with Gasteiger partial charge in [-0.05, 0) is 50.2 Å². The van der Waals surface area contributed by atoms with Crippen LogP contribution in [0.2, 0.25) is 0 Å². The fraction of sp³-hybridized carbons (Fsp3) is 0.529. The summed E-state index contributed by atoms with van der Waals surface area (Å²) in [4.78, 5) is 4.18. The molecule has 1 saturated carbocycles. The molecule has 0 aromatic carbocycles. The maximum Gasteiger partial charge on any atom is 0.222 e. The Morgan fingerprint density at radius 3 is 2.67 bits per heavy atom. The van der Waals surface area contributed by atoms with Gasteiger partial charge in [0.25, 0.3) is 0 Å². The summed E-state index contributed by atoms with van der Waals surface area (Å²) in [5.74, 6) is 0.659.